The minimum Gasteiger partial charge on any atom is -0.460 e. The molecule has 2 N–H and O–H groups in total. The first kappa shape index (κ1) is 53.9. The van der Waals surface area contributed by atoms with Crippen LogP contribution in [0, 0.1) is 5.92 Å². The van der Waals surface area contributed by atoms with Crippen molar-refractivity contribution in [2.24, 2.45) is 13.0 Å². The number of hydrogen-bond acceptors (Lipinski definition) is 11. The van der Waals surface area contributed by atoms with E-state index in [1.165, 1.54) is 4.90 Å². The molecule has 4 heterocycles. The van der Waals surface area contributed by atoms with Crippen LogP contribution in [0.1, 0.15) is 83.5 Å². The molecule has 17 heteroatoms. The third-order valence-electron chi connectivity index (χ3n) is 13.0. The molecule has 2 saturated heterocycles. The SMILES string of the molecule is C[C@H](NCc1ccc(Cl)cc1Oc1ccc(-c2cnc(CN(C)C)n2C)cc1)C(=O)N1[C@H](C(=O)N[C@@]2(Cc3ccc(Cl)cc3)CCCN(C(=O)[C@@H](CC(=O)OC(C)(C)C)Cc3ccccn3)C2)COC1(C)C. The maximum atomic E-state index is 14.9. The first-order chi connectivity index (χ1) is 34.1. The van der Waals surface area contributed by atoms with Gasteiger partial charge < -0.3 is 39.2 Å². The van der Waals surface area contributed by atoms with Crippen LogP contribution in [0.2, 0.25) is 10.0 Å². The predicted octanol–water partition coefficient (Wildman–Crippen LogP) is 8.40. The van der Waals surface area contributed by atoms with Crippen molar-refractivity contribution >= 4 is 46.9 Å². The van der Waals surface area contributed by atoms with Crippen LogP contribution in [0.25, 0.3) is 11.3 Å². The van der Waals surface area contributed by atoms with Gasteiger partial charge >= 0.3 is 5.97 Å². The van der Waals surface area contributed by atoms with Crippen molar-refractivity contribution in [2.45, 2.75) is 116 Å². The zero-order chi connectivity index (χ0) is 52.0. The molecule has 0 unspecified atom stereocenters. The number of amides is 3. The first-order valence-electron chi connectivity index (χ1n) is 24.5. The van der Waals surface area contributed by atoms with Crippen molar-refractivity contribution in [1.82, 2.24) is 39.9 Å². The summed E-state index contributed by atoms with van der Waals surface area (Å²) in [5.41, 5.74) is 1.51. The van der Waals surface area contributed by atoms with Crippen molar-refractivity contribution in [2.75, 3.05) is 33.8 Å². The van der Waals surface area contributed by atoms with Gasteiger partial charge in [-0.1, -0.05) is 47.5 Å². The van der Waals surface area contributed by atoms with Crippen LogP contribution in [0.3, 0.4) is 0 Å². The number of ether oxygens (including phenoxy) is 3. The Balaban J connectivity index is 1.07. The van der Waals surface area contributed by atoms with Crippen LogP contribution >= 0.6 is 23.2 Å². The molecular formula is C55H68Cl2N8O7. The molecule has 0 saturated carbocycles. The topological polar surface area (TPSA) is 160 Å². The number of halogens is 2. The van der Waals surface area contributed by atoms with Gasteiger partial charge in [-0.2, -0.15) is 0 Å². The lowest BCUT2D eigenvalue weighted by atomic mass is 9.82. The number of likely N-dealkylation sites (tertiary alicyclic amines) is 1. The lowest BCUT2D eigenvalue weighted by Gasteiger charge is -2.45. The van der Waals surface area contributed by atoms with Gasteiger partial charge in [0.2, 0.25) is 17.7 Å². The molecule has 2 aliphatic rings. The number of hydrogen-bond donors (Lipinski definition) is 2. The highest BCUT2D eigenvalue weighted by atomic mass is 35.5. The fourth-order valence-electron chi connectivity index (χ4n) is 9.52. The van der Waals surface area contributed by atoms with E-state index in [4.69, 9.17) is 37.4 Å². The van der Waals surface area contributed by atoms with E-state index in [9.17, 15) is 19.2 Å². The van der Waals surface area contributed by atoms with Gasteiger partial charge in [0.15, 0.2) is 0 Å². The van der Waals surface area contributed by atoms with Crippen LogP contribution < -0.4 is 15.4 Å². The number of aromatic nitrogens is 3. The summed E-state index contributed by atoms with van der Waals surface area (Å²) < 4.78 is 20.4. The van der Waals surface area contributed by atoms with Crippen molar-refractivity contribution < 1.29 is 33.4 Å². The second-order valence-electron chi connectivity index (χ2n) is 20.8. The van der Waals surface area contributed by atoms with Crippen molar-refractivity contribution in [3.05, 3.63) is 130 Å². The molecule has 72 heavy (non-hydrogen) atoms. The fourth-order valence-corrected chi connectivity index (χ4v) is 9.81. The summed E-state index contributed by atoms with van der Waals surface area (Å²) in [5.74, 6) is -0.116. The molecule has 2 aromatic heterocycles. The lowest BCUT2D eigenvalue weighted by molar-refractivity contribution is -0.159. The third-order valence-corrected chi connectivity index (χ3v) is 13.5. The van der Waals surface area contributed by atoms with Crippen LogP contribution in [0.15, 0.2) is 97.3 Å². The second kappa shape index (κ2) is 22.9. The van der Waals surface area contributed by atoms with Crippen LogP contribution in [-0.2, 0) is 61.6 Å². The Bertz CT molecular complexity index is 2690. The Kier molecular flexibility index (Phi) is 17.2. The molecule has 7 rings (SSSR count). The maximum Gasteiger partial charge on any atom is 0.307 e. The molecule has 2 aliphatic heterocycles. The van der Waals surface area contributed by atoms with E-state index < -0.39 is 46.7 Å². The fraction of sp³-hybridized carbons (Fsp3) is 0.455. The highest BCUT2D eigenvalue weighted by Crippen LogP contribution is 2.34. The molecule has 0 aliphatic carbocycles. The Labute approximate surface area is 433 Å². The van der Waals surface area contributed by atoms with E-state index in [1.54, 1.807) is 83.0 Å². The summed E-state index contributed by atoms with van der Waals surface area (Å²) >= 11 is 12.8. The van der Waals surface area contributed by atoms with Gasteiger partial charge in [-0.25, -0.2) is 4.98 Å². The quantitative estimate of drug-likeness (QED) is 0.0812. The number of nitrogens with zero attached hydrogens (tertiary/aromatic N) is 6. The number of piperidine rings is 1. The van der Waals surface area contributed by atoms with Gasteiger partial charge in [0.1, 0.15) is 34.7 Å². The van der Waals surface area contributed by atoms with Gasteiger partial charge in [-0.3, -0.25) is 29.1 Å². The highest BCUT2D eigenvalue weighted by molar-refractivity contribution is 6.31. The van der Waals surface area contributed by atoms with Crippen LogP contribution in [0.4, 0.5) is 0 Å². The summed E-state index contributed by atoms with van der Waals surface area (Å²) in [6, 6.07) is 24.3. The number of esters is 1. The molecule has 384 valence electrons. The third kappa shape index (κ3) is 13.8. The normalized spacial score (nSPS) is 18.7. The first-order valence-corrected chi connectivity index (χ1v) is 25.2. The monoisotopic (exact) mass is 1020 g/mol. The molecule has 0 spiro atoms. The Morgan fingerprint density at radius 2 is 1.67 bits per heavy atom. The number of imidazole rings is 1. The molecule has 4 atom stereocenters. The van der Waals surface area contributed by atoms with Gasteiger partial charge in [0, 0.05) is 66.2 Å². The smallest absolute Gasteiger partial charge is 0.307 e. The van der Waals surface area contributed by atoms with E-state index in [-0.39, 0.29) is 44.4 Å². The predicted molar refractivity (Wildman–Crippen MR) is 278 cm³/mol. The summed E-state index contributed by atoms with van der Waals surface area (Å²) in [6.07, 6.45) is 5.12. The molecule has 0 bridgehead atoms. The van der Waals surface area contributed by atoms with Crippen LogP contribution in [-0.4, -0.2) is 116 Å². The lowest BCUT2D eigenvalue weighted by Crippen LogP contribution is -2.65. The molecule has 15 nitrogen and oxygen atoms in total. The molecule has 3 aromatic carbocycles. The second-order valence-corrected chi connectivity index (χ2v) is 21.6. The Morgan fingerprint density at radius 3 is 2.35 bits per heavy atom. The minimum atomic E-state index is -1.13. The average Bonchev–Trinajstić information content (AvgIpc) is 3.85. The molecule has 5 aromatic rings. The summed E-state index contributed by atoms with van der Waals surface area (Å²) in [7, 11) is 6.03. The van der Waals surface area contributed by atoms with Crippen molar-refractivity contribution in [3.63, 3.8) is 0 Å². The van der Waals surface area contributed by atoms with Gasteiger partial charge in [0.05, 0.1) is 49.0 Å². The largest absolute Gasteiger partial charge is 0.460 e. The highest BCUT2D eigenvalue weighted by Gasteiger charge is 2.50. The van der Waals surface area contributed by atoms with Crippen LogP contribution in [0.5, 0.6) is 11.5 Å². The van der Waals surface area contributed by atoms with E-state index in [0.29, 0.717) is 53.0 Å². The number of pyridine rings is 1. The van der Waals surface area contributed by atoms with Gasteiger partial charge in [-0.15, -0.1) is 0 Å². The molecular weight excluding hydrogens is 956 g/mol. The van der Waals surface area contributed by atoms with E-state index >= 15 is 0 Å². The van der Waals surface area contributed by atoms with E-state index in [1.807, 2.05) is 81.9 Å². The standard InChI is InChI=1S/C55H68Cl2N8O7/c1-36(59-31-39-16-21-42(57)29-47(39)71-44-22-17-38(18-23-44)45-32-60-48(63(45)9)33-62(7)8)51(68)65-46(34-70-54(65,5)6)50(67)61-55(30-37-14-19-41(56)20-15-37)24-12-26-64(35-55)52(69)40(27-43-13-10-11-25-58-43)28-49(66)72-53(2,3)4/h10-11,13-23,25,29,32,36,40,46,59H,12,24,26-28,30-31,33-35H2,1-9H3,(H,61,67)/t36-,40+,46-,55+/m0/s1. The van der Waals surface area contributed by atoms with Crippen molar-refractivity contribution in [3.8, 4) is 22.8 Å². The summed E-state index contributed by atoms with van der Waals surface area (Å²) in [6.45, 7) is 12.2. The Hall–Kier alpha value is -5.84. The van der Waals surface area contributed by atoms with Gasteiger partial charge in [-0.05, 0) is 141 Å². The average molecular weight is 1020 g/mol. The summed E-state index contributed by atoms with van der Waals surface area (Å²) in [5, 5.41) is 7.79. The van der Waals surface area contributed by atoms with Crippen molar-refractivity contribution in [1.29, 1.82) is 0 Å². The van der Waals surface area contributed by atoms with E-state index in [2.05, 4.69) is 30.1 Å². The number of nitrogens with one attached hydrogen (secondary N) is 2. The minimum absolute atomic E-state index is 0.0369. The van der Waals surface area contributed by atoms with Gasteiger partial charge in [0.25, 0.3) is 0 Å². The number of carbonyl (C=O) groups excluding carboxylic acids is 4. The molecule has 3 amide bonds. The van der Waals surface area contributed by atoms with E-state index in [0.717, 1.165) is 34.8 Å². The number of carbonyl (C=O) groups is 4. The zero-order valence-corrected chi connectivity index (χ0v) is 44.3. The summed E-state index contributed by atoms with van der Waals surface area (Å²) in [4.78, 5) is 71.8. The zero-order valence-electron chi connectivity index (χ0n) is 42.8. The molecule has 2 fully saturated rings. The number of rotatable bonds is 18. The maximum absolute atomic E-state index is 14.9. The molecule has 0 radical (unpaired) electrons. The Morgan fingerprint density at radius 1 is 0.944 bits per heavy atom. The number of benzene rings is 3.